The van der Waals surface area contributed by atoms with Gasteiger partial charge in [0.05, 0.1) is 18.7 Å². The Labute approximate surface area is 207 Å². The third kappa shape index (κ3) is 4.75. The number of hydrogen-bond donors (Lipinski definition) is 3. The smallest absolute Gasteiger partial charge is 0.342 e. The lowest BCUT2D eigenvalue weighted by Crippen LogP contribution is -2.81. The predicted molar refractivity (Wildman–Crippen MR) is 127 cm³/mol. The van der Waals surface area contributed by atoms with Gasteiger partial charge in [-0.2, -0.15) is 0 Å². The quantitative estimate of drug-likeness (QED) is 0.203. The van der Waals surface area contributed by atoms with Crippen molar-refractivity contribution in [2.45, 2.75) is 29.0 Å². The number of rotatable bonds is 10. The molecule has 0 saturated carbocycles. The molecule has 2 atom stereocenters. The Hall–Kier alpha value is -2.69. The number of fused-ring (bicyclic) bond motifs is 1. The van der Waals surface area contributed by atoms with E-state index in [4.69, 9.17) is 5.73 Å². The number of hydrogen-bond acceptors (Lipinski definition) is 12. The number of thioether (sulfide) groups is 2. The third-order valence-electron chi connectivity index (χ3n) is 5.17. The highest BCUT2D eigenvalue weighted by Gasteiger charge is 2.68. The number of carbonyl (C=O) groups is 3. The van der Waals surface area contributed by atoms with Gasteiger partial charge >= 0.3 is 5.97 Å². The molecule has 2 aliphatic rings. The summed E-state index contributed by atoms with van der Waals surface area (Å²) in [6, 6.07) is 0. The lowest BCUT2D eigenvalue weighted by atomic mass is 9.87. The van der Waals surface area contributed by atoms with Gasteiger partial charge in [0.2, 0.25) is 16.6 Å². The number of carboxylic acid groups (broad SMARTS) is 1. The number of aromatic nitrogens is 5. The van der Waals surface area contributed by atoms with E-state index < -0.39 is 28.7 Å². The second-order valence-corrected chi connectivity index (χ2v) is 10.9. The summed E-state index contributed by atoms with van der Waals surface area (Å²) in [6.45, 7) is 1.44. The molecule has 1 saturated heterocycles. The van der Waals surface area contributed by atoms with Crippen LogP contribution in [0.3, 0.4) is 0 Å². The number of aliphatic carboxylic acids is 1. The van der Waals surface area contributed by atoms with Crippen molar-refractivity contribution in [1.29, 1.82) is 0 Å². The van der Waals surface area contributed by atoms with E-state index in [2.05, 4.69) is 25.8 Å². The lowest BCUT2D eigenvalue weighted by molar-refractivity contribution is -0.169. The molecule has 0 aliphatic carbocycles. The summed E-state index contributed by atoms with van der Waals surface area (Å²) in [5.41, 5.74) is 4.93. The SMILES string of the molecule is CN(C)CCn1nnnc1SCC1=CN2C(=O)[C@](NC(=O)Cc3csc(N)n3)(C(=O)O)[C@@H]2SC1. The van der Waals surface area contributed by atoms with E-state index in [1.807, 2.05) is 19.0 Å². The average molecular weight is 526 g/mol. The van der Waals surface area contributed by atoms with Crippen LogP contribution < -0.4 is 11.1 Å². The Morgan fingerprint density at radius 2 is 2.24 bits per heavy atom. The van der Waals surface area contributed by atoms with Gasteiger partial charge in [-0.1, -0.05) is 11.8 Å². The number of tetrazole rings is 1. The molecule has 0 radical (unpaired) electrons. The summed E-state index contributed by atoms with van der Waals surface area (Å²) in [7, 11) is 3.94. The third-order valence-corrected chi connectivity index (χ3v) is 8.40. The van der Waals surface area contributed by atoms with Crippen molar-refractivity contribution in [3.05, 3.63) is 22.8 Å². The topological polar surface area (TPSA) is 172 Å². The van der Waals surface area contributed by atoms with Crippen molar-refractivity contribution in [3.8, 4) is 0 Å². The van der Waals surface area contributed by atoms with Gasteiger partial charge in [0.25, 0.3) is 5.91 Å². The molecule has 182 valence electrons. The molecule has 2 amide bonds. The Kier molecular flexibility index (Phi) is 7.11. The molecule has 34 heavy (non-hydrogen) atoms. The molecule has 2 aromatic heterocycles. The molecular formula is C18H23N9O4S3. The maximum atomic E-state index is 12.9. The summed E-state index contributed by atoms with van der Waals surface area (Å²) in [5, 5.41) is 26.0. The summed E-state index contributed by atoms with van der Waals surface area (Å²) in [5.74, 6) is -1.61. The molecule has 2 aromatic rings. The number of likely N-dealkylation sites (N-methyl/N-ethyl adjacent to an activating group) is 1. The van der Waals surface area contributed by atoms with Crippen LogP contribution in [0, 0.1) is 0 Å². The summed E-state index contributed by atoms with van der Waals surface area (Å²) in [4.78, 5) is 44.9. The van der Waals surface area contributed by atoms with Crippen LogP contribution in [0.4, 0.5) is 5.13 Å². The number of nitrogens with zero attached hydrogens (tertiary/aromatic N) is 7. The predicted octanol–water partition coefficient (Wildman–Crippen LogP) is -0.653. The Morgan fingerprint density at radius 3 is 2.91 bits per heavy atom. The summed E-state index contributed by atoms with van der Waals surface area (Å²) in [6.07, 6.45) is 1.51. The minimum Gasteiger partial charge on any atom is -0.479 e. The van der Waals surface area contributed by atoms with Crippen molar-refractivity contribution in [2.24, 2.45) is 0 Å². The molecule has 0 spiro atoms. The fourth-order valence-corrected chi connectivity index (χ4v) is 6.41. The molecule has 2 aliphatic heterocycles. The van der Waals surface area contributed by atoms with Crippen molar-refractivity contribution < 1.29 is 19.5 Å². The van der Waals surface area contributed by atoms with Crippen LogP contribution in [-0.2, 0) is 27.3 Å². The first kappa shape index (κ1) is 24.4. The second kappa shape index (κ2) is 9.89. The van der Waals surface area contributed by atoms with E-state index in [0.717, 1.165) is 12.1 Å². The Morgan fingerprint density at radius 1 is 1.44 bits per heavy atom. The van der Waals surface area contributed by atoms with Gasteiger partial charge in [0.1, 0.15) is 5.37 Å². The maximum Gasteiger partial charge on any atom is 0.342 e. The van der Waals surface area contributed by atoms with E-state index in [0.29, 0.717) is 34.0 Å². The molecule has 0 aromatic carbocycles. The van der Waals surface area contributed by atoms with Crippen LogP contribution in [-0.4, -0.2) is 101 Å². The number of carbonyl (C=O) groups excluding carboxylic acids is 2. The first-order valence-electron chi connectivity index (χ1n) is 10.1. The Bertz CT molecular complexity index is 1130. The normalized spacial score (nSPS) is 21.7. The fourth-order valence-electron chi connectivity index (χ4n) is 3.48. The number of nitrogens with two attached hydrogens (primary N) is 1. The average Bonchev–Trinajstić information content (AvgIpc) is 3.42. The maximum absolute atomic E-state index is 12.9. The fraction of sp³-hybridized carbons (Fsp3) is 0.500. The highest BCUT2D eigenvalue weighted by atomic mass is 32.2. The first-order valence-corrected chi connectivity index (χ1v) is 13.0. The molecule has 0 unspecified atom stereocenters. The standard InChI is InChI=1S/C18H23N9O4S3/c1-25(2)3-4-27-17(22-23-24-27)34-8-10-6-26-13(29)18(15(30)31,14(26)32-7-10)21-12(28)5-11-9-33-16(19)20-11/h6,9,14H,3-5,7-8H2,1-2H3,(H2,19,20)(H,21,28)(H,30,31)/t14-,18+/m0/s1. The van der Waals surface area contributed by atoms with E-state index in [1.165, 1.54) is 39.8 Å². The van der Waals surface area contributed by atoms with Crippen LogP contribution in [0.25, 0.3) is 0 Å². The van der Waals surface area contributed by atoms with Gasteiger partial charge in [0, 0.05) is 29.6 Å². The van der Waals surface area contributed by atoms with E-state index >= 15 is 0 Å². The molecule has 16 heteroatoms. The van der Waals surface area contributed by atoms with Gasteiger partial charge in [-0.15, -0.1) is 28.2 Å². The number of thiazole rings is 1. The van der Waals surface area contributed by atoms with Crippen LogP contribution in [0.2, 0.25) is 0 Å². The number of nitrogens with one attached hydrogen (secondary N) is 1. The van der Waals surface area contributed by atoms with Crippen LogP contribution in [0.15, 0.2) is 22.3 Å². The molecular weight excluding hydrogens is 502 g/mol. The number of carboxylic acids is 1. The minimum absolute atomic E-state index is 0.159. The number of amides is 2. The Balaban J connectivity index is 1.39. The highest BCUT2D eigenvalue weighted by Crippen LogP contribution is 2.44. The number of nitrogen functional groups attached to an aromatic ring is 1. The minimum atomic E-state index is -2.01. The van der Waals surface area contributed by atoms with Gasteiger partial charge in [0.15, 0.2) is 5.13 Å². The zero-order valence-corrected chi connectivity index (χ0v) is 20.8. The summed E-state index contributed by atoms with van der Waals surface area (Å²) < 4.78 is 1.72. The van der Waals surface area contributed by atoms with E-state index in [9.17, 15) is 19.5 Å². The van der Waals surface area contributed by atoms with Crippen LogP contribution in [0.5, 0.6) is 0 Å². The molecule has 0 bridgehead atoms. The van der Waals surface area contributed by atoms with Crippen molar-refractivity contribution >= 4 is 57.8 Å². The van der Waals surface area contributed by atoms with Crippen LogP contribution >= 0.6 is 34.9 Å². The van der Waals surface area contributed by atoms with Crippen molar-refractivity contribution in [1.82, 2.24) is 40.3 Å². The zero-order valence-electron chi connectivity index (χ0n) is 18.4. The van der Waals surface area contributed by atoms with Gasteiger partial charge < -0.3 is 26.0 Å². The number of β-lactam (4-membered cyclic amide) rings is 1. The van der Waals surface area contributed by atoms with Gasteiger partial charge in [-0.3, -0.25) is 9.59 Å². The molecule has 13 nitrogen and oxygen atoms in total. The second-order valence-electron chi connectivity index (χ2n) is 7.95. The van der Waals surface area contributed by atoms with Gasteiger partial charge in [-0.25, -0.2) is 14.5 Å². The van der Waals surface area contributed by atoms with E-state index in [1.54, 1.807) is 16.3 Å². The molecule has 1 fully saturated rings. The monoisotopic (exact) mass is 525 g/mol. The number of anilines is 1. The largest absolute Gasteiger partial charge is 0.479 e. The molecule has 4 heterocycles. The highest BCUT2D eigenvalue weighted by molar-refractivity contribution is 8.01. The zero-order chi connectivity index (χ0) is 24.5. The first-order chi connectivity index (χ1) is 16.2. The van der Waals surface area contributed by atoms with Crippen molar-refractivity contribution in [3.63, 3.8) is 0 Å². The summed E-state index contributed by atoms with van der Waals surface area (Å²) >= 11 is 3.93. The van der Waals surface area contributed by atoms with Gasteiger partial charge in [-0.05, 0) is 30.1 Å². The molecule has 4 N–H and O–H groups in total. The molecule has 4 rings (SSSR count). The van der Waals surface area contributed by atoms with Crippen molar-refractivity contribution in [2.75, 3.05) is 37.9 Å². The van der Waals surface area contributed by atoms with Crippen LogP contribution in [0.1, 0.15) is 5.69 Å². The lowest BCUT2D eigenvalue weighted by Gasteiger charge is -2.53. The van der Waals surface area contributed by atoms with E-state index in [-0.39, 0.29) is 6.42 Å².